The number of benzene rings is 1. The van der Waals surface area contributed by atoms with Crippen molar-refractivity contribution in [1.82, 2.24) is 4.57 Å². The van der Waals surface area contributed by atoms with Crippen molar-refractivity contribution in [3.8, 4) is 0 Å². The lowest BCUT2D eigenvalue weighted by molar-refractivity contribution is -0.686. The molecule has 7 heteroatoms. The molecule has 0 atom stereocenters. The van der Waals surface area contributed by atoms with Crippen LogP contribution >= 0.6 is 0 Å². The second-order valence-corrected chi connectivity index (χ2v) is 8.45. The maximum Gasteiger partial charge on any atom is 0.421 e. The molecule has 1 heterocycles. The van der Waals surface area contributed by atoms with E-state index < -0.39 is 0 Å². The van der Waals surface area contributed by atoms with Gasteiger partial charge in [0.2, 0.25) is 0 Å². The van der Waals surface area contributed by atoms with Gasteiger partial charge in [-0.15, -0.1) is 0 Å². The number of aryl methyl sites for hydroxylation is 2. The van der Waals surface area contributed by atoms with Crippen molar-refractivity contribution in [2.75, 3.05) is 31.1 Å². The highest BCUT2D eigenvalue weighted by Gasteiger charge is 2.17. The van der Waals surface area contributed by atoms with Gasteiger partial charge < -0.3 is 16.4 Å². The Morgan fingerprint density at radius 2 is 1.62 bits per heavy atom. The Labute approximate surface area is 194 Å². The standard InChI is InChI=1S/C25H44N7/c1-3-5-7-17-30(18-8-6-4-2)24-13-11-23(12-14-24)28-29-25-31(19-9-15-26)21-22-32(25)20-10-16-27/h11-14,21-22H,3-10,15-20,26-27H2,1-2H3/q+1/p+1. The van der Waals surface area contributed by atoms with Crippen LogP contribution in [0.3, 0.4) is 0 Å². The lowest BCUT2D eigenvalue weighted by atomic mass is 10.2. The van der Waals surface area contributed by atoms with Gasteiger partial charge in [-0.05, 0) is 50.1 Å². The van der Waals surface area contributed by atoms with E-state index in [0.717, 1.165) is 57.2 Å². The second kappa shape index (κ2) is 15.5. The third-order valence-corrected chi connectivity index (χ3v) is 5.73. The van der Waals surface area contributed by atoms with E-state index in [-0.39, 0.29) is 0 Å². The molecule has 5 N–H and O–H groups in total. The molecule has 1 aromatic heterocycles. The summed E-state index contributed by atoms with van der Waals surface area (Å²) in [7, 11) is 0. The topological polar surface area (TPSA) is 90.4 Å². The molecule has 2 aromatic rings. The first-order chi connectivity index (χ1) is 15.7. The number of aromatic nitrogens is 2. The van der Waals surface area contributed by atoms with Crippen LogP contribution in [0.2, 0.25) is 0 Å². The average molecular weight is 444 g/mol. The summed E-state index contributed by atoms with van der Waals surface area (Å²) in [5.41, 5.74) is 11.8. The van der Waals surface area contributed by atoms with Crippen LogP contribution in [0.5, 0.6) is 0 Å². The summed E-state index contributed by atoms with van der Waals surface area (Å²) < 4.78 is 4.29. The molecule has 0 bridgehead atoms. The minimum atomic E-state index is 0.669. The molecule has 178 valence electrons. The lowest BCUT2D eigenvalue weighted by Crippen LogP contribution is -2.51. The fourth-order valence-electron chi connectivity index (χ4n) is 3.77. The molecule has 0 aliphatic carbocycles. The van der Waals surface area contributed by atoms with Gasteiger partial charge in [-0.3, -0.25) is 0 Å². The predicted octanol–water partition coefficient (Wildman–Crippen LogP) is 4.36. The van der Waals surface area contributed by atoms with Crippen molar-refractivity contribution < 1.29 is 10.3 Å². The van der Waals surface area contributed by atoms with E-state index in [9.17, 15) is 0 Å². The molecule has 0 radical (unpaired) electrons. The molecule has 0 aliphatic heterocycles. The molecule has 0 amide bonds. The van der Waals surface area contributed by atoms with Crippen LogP contribution in [-0.4, -0.2) is 30.7 Å². The summed E-state index contributed by atoms with van der Waals surface area (Å²) in [5.74, 6) is 0.872. The van der Waals surface area contributed by atoms with E-state index in [1.165, 1.54) is 44.2 Å². The molecule has 2 rings (SSSR count). The molecule has 0 fully saturated rings. The number of unbranched alkanes of at least 4 members (excludes halogenated alkanes) is 4. The Kier molecular flexibility index (Phi) is 12.6. The van der Waals surface area contributed by atoms with E-state index in [0.29, 0.717) is 6.54 Å². The minimum absolute atomic E-state index is 0.669. The van der Waals surface area contributed by atoms with Gasteiger partial charge in [0, 0.05) is 30.3 Å². The number of imidazole rings is 1. The van der Waals surface area contributed by atoms with Crippen LogP contribution in [0.15, 0.2) is 46.9 Å². The van der Waals surface area contributed by atoms with Crippen molar-refractivity contribution in [3.05, 3.63) is 36.7 Å². The van der Waals surface area contributed by atoms with Gasteiger partial charge >= 0.3 is 5.95 Å². The van der Waals surface area contributed by atoms with Crippen molar-refractivity contribution >= 4 is 17.3 Å². The molecule has 32 heavy (non-hydrogen) atoms. The first-order valence-corrected chi connectivity index (χ1v) is 12.6. The summed E-state index contributed by atoms with van der Waals surface area (Å²) >= 11 is 0. The third-order valence-electron chi connectivity index (χ3n) is 5.73. The van der Waals surface area contributed by atoms with Gasteiger partial charge in [-0.1, -0.05) is 44.6 Å². The first kappa shape index (κ1) is 26.0. The Balaban J connectivity index is 2.11. The summed E-state index contributed by atoms with van der Waals surface area (Å²) in [6.07, 6.45) is 13.7. The van der Waals surface area contributed by atoms with Crippen molar-refractivity contribution in [2.24, 2.45) is 16.0 Å². The van der Waals surface area contributed by atoms with Gasteiger partial charge in [-0.2, -0.15) is 0 Å². The molecule has 0 spiro atoms. The molecule has 0 unspecified atom stereocenters. The van der Waals surface area contributed by atoms with Gasteiger partial charge in [-0.25, -0.2) is 9.13 Å². The predicted molar refractivity (Wildman–Crippen MR) is 133 cm³/mol. The molecule has 7 nitrogen and oxygen atoms in total. The fraction of sp³-hybridized carbons (Fsp3) is 0.640. The molecule has 1 aromatic carbocycles. The number of azo groups is 1. The number of rotatable bonds is 17. The van der Waals surface area contributed by atoms with Crippen LogP contribution in [0.4, 0.5) is 17.3 Å². The van der Waals surface area contributed by atoms with Crippen molar-refractivity contribution in [2.45, 2.75) is 78.3 Å². The molecule has 0 aliphatic rings. The van der Waals surface area contributed by atoms with Crippen LogP contribution in [0.25, 0.3) is 0 Å². The Morgan fingerprint density at radius 1 is 0.938 bits per heavy atom. The zero-order chi connectivity index (χ0) is 23.0. The maximum absolute atomic E-state index is 5.71. The molecule has 0 saturated carbocycles. The highest BCUT2D eigenvalue weighted by Crippen LogP contribution is 2.23. The average Bonchev–Trinajstić information content (AvgIpc) is 3.21. The van der Waals surface area contributed by atoms with E-state index in [1.807, 2.05) is 0 Å². The highest BCUT2D eigenvalue weighted by atomic mass is 15.3. The van der Waals surface area contributed by atoms with Gasteiger partial charge in [0.25, 0.3) is 0 Å². The summed E-state index contributed by atoms with van der Waals surface area (Å²) in [4.78, 5) is 2.52. The second-order valence-electron chi connectivity index (χ2n) is 8.45. The molecular formula is C25H45N7+2. The van der Waals surface area contributed by atoms with Crippen LogP contribution in [0.1, 0.15) is 65.2 Å². The fourth-order valence-corrected chi connectivity index (χ4v) is 3.77. The lowest BCUT2D eigenvalue weighted by Gasteiger charge is -2.25. The minimum Gasteiger partial charge on any atom is -0.372 e. The van der Waals surface area contributed by atoms with E-state index in [4.69, 9.17) is 5.73 Å². The van der Waals surface area contributed by atoms with Gasteiger partial charge in [0.1, 0.15) is 5.69 Å². The smallest absolute Gasteiger partial charge is 0.372 e. The normalized spacial score (nSPS) is 11.5. The van der Waals surface area contributed by atoms with Crippen LogP contribution in [-0.2, 0) is 13.1 Å². The van der Waals surface area contributed by atoms with Crippen molar-refractivity contribution in [3.63, 3.8) is 0 Å². The Hall–Kier alpha value is -2.25. The Bertz CT molecular complexity index is 732. The number of anilines is 1. The first-order valence-electron chi connectivity index (χ1n) is 12.6. The summed E-state index contributed by atoms with van der Waals surface area (Å²) in [5, 5.41) is 9.17. The van der Waals surface area contributed by atoms with E-state index >= 15 is 0 Å². The van der Waals surface area contributed by atoms with Crippen molar-refractivity contribution in [1.29, 1.82) is 0 Å². The number of hydrogen-bond donors (Lipinski definition) is 2. The largest absolute Gasteiger partial charge is 0.421 e. The summed E-state index contributed by atoms with van der Waals surface area (Å²) in [6, 6.07) is 8.55. The molecule has 0 saturated heterocycles. The SMILES string of the molecule is CCCCCN(CCCCC)c1ccc(N=Nc2n(CCCN)cc[n+]2CCC[NH3+])cc1. The molecular weight excluding hydrogens is 398 g/mol. The zero-order valence-corrected chi connectivity index (χ0v) is 20.4. The quantitative estimate of drug-likeness (QED) is 0.216. The van der Waals surface area contributed by atoms with Crippen LogP contribution < -0.4 is 20.9 Å². The van der Waals surface area contributed by atoms with Gasteiger partial charge in [0.05, 0.1) is 32.0 Å². The summed E-state index contributed by atoms with van der Waals surface area (Å²) in [6.45, 7) is 10.1. The number of hydrogen-bond acceptors (Lipinski definition) is 4. The number of nitrogens with zero attached hydrogens (tertiary/aromatic N) is 5. The zero-order valence-electron chi connectivity index (χ0n) is 20.4. The third kappa shape index (κ3) is 8.71. The van der Waals surface area contributed by atoms with Crippen LogP contribution in [0, 0.1) is 0 Å². The van der Waals surface area contributed by atoms with Gasteiger partial charge in [0.15, 0.2) is 0 Å². The Morgan fingerprint density at radius 3 is 2.22 bits per heavy atom. The van der Waals surface area contributed by atoms with E-state index in [1.54, 1.807) is 0 Å². The monoisotopic (exact) mass is 443 g/mol. The number of nitrogens with two attached hydrogens (primary N) is 1. The number of quaternary nitrogens is 1. The highest BCUT2D eigenvalue weighted by molar-refractivity contribution is 5.52. The maximum atomic E-state index is 5.71. The van der Waals surface area contributed by atoms with E-state index in [2.05, 4.69) is 80.5 Å².